The first-order valence-corrected chi connectivity index (χ1v) is 8.73. The molecule has 0 bridgehead atoms. The molecule has 1 atom stereocenters. The Balaban J connectivity index is 2.07. The van der Waals surface area contributed by atoms with Gasteiger partial charge < -0.3 is 15.0 Å². The summed E-state index contributed by atoms with van der Waals surface area (Å²) in [5.41, 5.74) is 2.20. The number of carbonyl (C=O) groups is 3. The lowest BCUT2D eigenvalue weighted by Crippen LogP contribution is -2.41. The van der Waals surface area contributed by atoms with Crippen LogP contribution in [-0.4, -0.2) is 54.3 Å². The number of aromatic amines is 1. The summed E-state index contributed by atoms with van der Waals surface area (Å²) in [6.45, 7) is 5.02. The molecule has 0 saturated heterocycles. The first-order chi connectivity index (χ1) is 13.1. The number of halogens is 1. The molecule has 0 unspecified atom stereocenters. The number of aryl methyl sites for hydroxylation is 1. The number of ether oxygens (including phenoxy) is 1. The van der Waals surface area contributed by atoms with E-state index in [1.165, 1.54) is 31.4 Å². The monoisotopic (exact) mass is 389 g/mol. The van der Waals surface area contributed by atoms with Crippen molar-refractivity contribution in [3.63, 3.8) is 0 Å². The van der Waals surface area contributed by atoms with Crippen LogP contribution in [0.3, 0.4) is 0 Å². The van der Waals surface area contributed by atoms with Gasteiger partial charge in [-0.2, -0.15) is 0 Å². The molecule has 0 radical (unpaired) electrons. The highest BCUT2D eigenvalue weighted by molar-refractivity contribution is 6.04. The van der Waals surface area contributed by atoms with Gasteiger partial charge in [-0.1, -0.05) is 0 Å². The van der Waals surface area contributed by atoms with Crippen molar-refractivity contribution in [2.45, 2.75) is 26.8 Å². The highest BCUT2D eigenvalue weighted by Crippen LogP contribution is 2.21. The van der Waals surface area contributed by atoms with E-state index in [9.17, 15) is 18.8 Å². The van der Waals surface area contributed by atoms with E-state index in [1.54, 1.807) is 32.7 Å². The maximum atomic E-state index is 12.9. The van der Waals surface area contributed by atoms with Gasteiger partial charge in [0.05, 0.1) is 31.0 Å². The first kappa shape index (κ1) is 21.3. The van der Waals surface area contributed by atoms with Crippen molar-refractivity contribution in [1.82, 2.24) is 9.88 Å². The molecule has 150 valence electrons. The van der Waals surface area contributed by atoms with Gasteiger partial charge in [0.25, 0.3) is 0 Å². The summed E-state index contributed by atoms with van der Waals surface area (Å²) in [5.74, 6) is -1.47. The average Bonchev–Trinajstić information content (AvgIpc) is 2.95. The van der Waals surface area contributed by atoms with Crippen molar-refractivity contribution in [2.24, 2.45) is 0 Å². The predicted molar refractivity (Wildman–Crippen MR) is 103 cm³/mol. The number of rotatable bonds is 7. The lowest BCUT2D eigenvalue weighted by Gasteiger charge is -2.23. The van der Waals surface area contributed by atoms with Gasteiger partial charge >= 0.3 is 5.97 Å². The van der Waals surface area contributed by atoms with Gasteiger partial charge in [-0.25, -0.2) is 9.18 Å². The van der Waals surface area contributed by atoms with E-state index in [0.29, 0.717) is 28.2 Å². The van der Waals surface area contributed by atoms with Crippen LogP contribution in [0.2, 0.25) is 0 Å². The number of nitrogens with one attached hydrogen (secondary N) is 2. The molecule has 1 aromatic heterocycles. The van der Waals surface area contributed by atoms with Gasteiger partial charge in [-0.15, -0.1) is 0 Å². The molecule has 1 aromatic carbocycles. The Labute approximate surface area is 162 Å². The number of methoxy groups -OCH3 is 1. The number of likely N-dealkylation sites (N-methyl/N-ethyl adjacent to an activating group) is 1. The fourth-order valence-electron chi connectivity index (χ4n) is 2.91. The highest BCUT2D eigenvalue weighted by atomic mass is 19.1. The summed E-state index contributed by atoms with van der Waals surface area (Å²) < 4.78 is 17.7. The number of benzene rings is 1. The molecule has 0 saturated carbocycles. The topological polar surface area (TPSA) is 91.5 Å². The summed E-state index contributed by atoms with van der Waals surface area (Å²) in [4.78, 5) is 41.5. The molecule has 7 nitrogen and oxygen atoms in total. The van der Waals surface area contributed by atoms with Gasteiger partial charge in [0.15, 0.2) is 5.78 Å². The van der Waals surface area contributed by atoms with Crippen LogP contribution in [0.25, 0.3) is 0 Å². The molecule has 0 spiro atoms. The van der Waals surface area contributed by atoms with Crippen molar-refractivity contribution < 1.29 is 23.5 Å². The highest BCUT2D eigenvalue weighted by Gasteiger charge is 2.27. The van der Waals surface area contributed by atoms with Crippen molar-refractivity contribution in [2.75, 3.05) is 26.0 Å². The van der Waals surface area contributed by atoms with Crippen molar-refractivity contribution in [3.05, 3.63) is 52.6 Å². The maximum absolute atomic E-state index is 12.9. The second-order valence-electron chi connectivity index (χ2n) is 6.63. The van der Waals surface area contributed by atoms with Crippen LogP contribution in [0, 0.1) is 19.7 Å². The molecule has 1 amide bonds. The molecule has 8 heteroatoms. The van der Waals surface area contributed by atoms with Crippen LogP contribution in [-0.2, 0) is 9.53 Å². The summed E-state index contributed by atoms with van der Waals surface area (Å²) in [6, 6.07) is 4.81. The Morgan fingerprint density at radius 2 is 1.82 bits per heavy atom. The molecule has 0 fully saturated rings. The fourth-order valence-corrected chi connectivity index (χ4v) is 2.91. The van der Waals surface area contributed by atoms with E-state index in [1.807, 2.05) is 0 Å². The van der Waals surface area contributed by atoms with E-state index in [-0.39, 0.29) is 18.2 Å². The summed E-state index contributed by atoms with van der Waals surface area (Å²) >= 11 is 0. The molecule has 2 N–H and O–H groups in total. The number of esters is 1. The normalized spacial score (nSPS) is 12.0. The number of H-pyrrole nitrogens is 1. The zero-order valence-electron chi connectivity index (χ0n) is 16.6. The number of carbonyl (C=O) groups excluding carboxylic acids is 3. The number of ketones is 1. The molecule has 1 heterocycles. The Bertz CT molecular complexity index is 890. The van der Waals surface area contributed by atoms with Gasteiger partial charge in [0.2, 0.25) is 5.91 Å². The SMILES string of the molecule is COC(=O)c1c(C)[nH]c(C(=O)[C@@H](C)N(C)CC(=O)Nc2ccc(F)cc2)c1C. The van der Waals surface area contributed by atoms with Gasteiger partial charge in [-0.3, -0.25) is 14.5 Å². The minimum absolute atomic E-state index is 0.0348. The number of anilines is 1. The van der Waals surface area contributed by atoms with Crippen LogP contribution < -0.4 is 5.32 Å². The number of hydrogen-bond donors (Lipinski definition) is 2. The third-order valence-electron chi connectivity index (χ3n) is 4.64. The molecule has 0 aliphatic carbocycles. The molecule has 2 rings (SSSR count). The number of nitrogens with zero attached hydrogens (tertiary/aromatic N) is 1. The van der Waals surface area contributed by atoms with Crippen LogP contribution in [0.15, 0.2) is 24.3 Å². The molecular formula is C20H24FN3O4. The van der Waals surface area contributed by atoms with E-state index >= 15 is 0 Å². The molecule has 2 aromatic rings. The first-order valence-electron chi connectivity index (χ1n) is 8.73. The molecule has 28 heavy (non-hydrogen) atoms. The van der Waals surface area contributed by atoms with Crippen molar-refractivity contribution in [1.29, 1.82) is 0 Å². The Morgan fingerprint density at radius 1 is 1.21 bits per heavy atom. The minimum Gasteiger partial charge on any atom is -0.465 e. The second-order valence-corrected chi connectivity index (χ2v) is 6.63. The van der Waals surface area contributed by atoms with Crippen LogP contribution >= 0.6 is 0 Å². The van der Waals surface area contributed by atoms with E-state index in [2.05, 4.69) is 10.3 Å². The van der Waals surface area contributed by atoms with Crippen LogP contribution in [0.5, 0.6) is 0 Å². The lowest BCUT2D eigenvalue weighted by atomic mass is 10.0. The summed E-state index contributed by atoms with van der Waals surface area (Å²) in [5, 5.41) is 2.65. The molecular weight excluding hydrogens is 365 g/mol. The second kappa shape index (κ2) is 8.79. The van der Waals surface area contributed by atoms with Crippen LogP contribution in [0.4, 0.5) is 10.1 Å². The largest absolute Gasteiger partial charge is 0.465 e. The third kappa shape index (κ3) is 4.64. The summed E-state index contributed by atoms with van der Waals surface area (Å²) in [6.07, 6.45) is 0. The third-order valence-corrected chi connectivity index (χ3v) is 4.64. The average molecular weight is 389 g/mol. The maximum Gasteiger partial charge on any atom is 0.339 e. The van der Waals surface area contributed by atoms with Gasteiger partial charge in [-0.05, 0) is 57.6 Å². The number of amides is 1. The number of hydrogen-bond acceptors (Lipinski definition) is 5. The number of aromatic nitrogens is 1. The lowest BCUT2D eigenvalue weighted by molar-refractivity contribution is -0.117. The number of Topliss-reactive ketones (excluding diaryl/α,β-unsaturated/α-hetero) is 1. The van der Waals surface area contributed by atoms with E-state index in [0.717, 1.165) is 0 Å². The van der Waals surface area contributed by atoms with Gasteiger partial charge in [0.1, 0.15) is 5.82 Å². The van der Waals surface area contributed by atoms with Crippen molar-refractivity contribution >= 4 is 23.3 Å². The smallest absolute Gasteiger partial charge is 0.339 e. The Hall–Kier alpha value is -3.00. The van der Waals surface area contributed by atoms with Crippen molar-refractivity contribution in [3.8, 4) is 0 Å². The Kier molecular flexibility index (Phi) is 6.69. The summed E-state index contributed by atoms with van der Waals surface area (Å²) in [7, 11) is 2.94. The van der Waals surface area contributed by atoms with E-state index in [4.69, 9.17) is 4.74 Å². The van der Waals surface area contributed by atoms with Crippen LogP contribution in [0.1, 0.15) is 39.0 Å². The standard InChI is InChI=1S/C20H24FN3O4/c1-11-17(20(27)28-5)12(2)22-18(11)19(26)13(3)24(4)10-16(25)23-15-8-6-14(21)7-9-15/h6-9,13,22H,10H2,1-5H3,(H,23,25)/t13-/m1/s1. The van der Waals surface area contributed by atoms with Gasteiger partial charge in [0, 0.05) is 11.4 Å². The molecule has 0 aliphatic heterocycles. The Morgan fingerprint density at radius 3 is 2.39 bits per heavy atom. The fraction of sp³-hybridized carbons (Fsp3) is 0.350. The minimum atomic E-state index is -0.610. The molecule has 0 aliphatic rings. The predicted octanol–water partition coefficient (Wildman–Crippen LogP) is 2.70. The zero-order chi connectivity index (χ0) is 21.0. The quantitative estimate of drug-likeness (QED) is 0.561. The van der Waals surface area contributed by atoms with E-state index < -0.39 is 17.8 Å². The zero-order valence-corrected chi connectivity index (χ0v) is 16.6.